The number of aromatic amines is 1. The summed E-state index contributed by atoms with van der Waals surface area (Å²) in [4.78, 5) is 3.92. The van der Waals surface area contributed by atoms with Crippen LogP contribution in [0.4, 0.5) is 4.39 Å². The molecule has 3 N–H and O–H groups in total. The second-order valence-electron chi connectivity index (χ2n) is 3.24. The average molecular weight is 222 g/mol. The number of halogens is 1. The van der Waals surface area contributed by atoms with Gasteiger partial charge >= 0.3 is 0 Å². The van der Waals surface area contributed by atoms with Gasteiger partial charge in [0, 0.05) is 0 Å². The Morgan fingerprint density at radius 2 is 2.31 bits per heavy atom. The van der Waals surface area contributed by atoms with E-state index in [1.165, 1.54) is 25.6 Å². The van der Waals surface area contributed by atoms with Crippen molar-refractivity contribution in [2.75, 3.05) is 7.11 Å². The molecule has 0 saturated heterocycles. The van der Waals surface area contributed by atoms with Crippen LogP contribution in [-0.4, -0.2) is 22.3 Å². The number of H-pyrrole nitrogens is 1. The molecule has 0 amide bonds. The van der Waals surface area contributed by atoms with E-state index < -0.39 is 11.9 Å². The number of nitrogens with zero attached hydrogens (tertiary/aromatic N) is 2. The standard InChI is InChI=1S/C10H11FN4O/c1-16-8-3-2-6(4-7(8)11)9(12)10-13-5-14-15-10/h2-5,9H,12H2,1H3,(H,13,14,15). The van der Waals surface area contributed by atoms with Crippen LogP contribution < -0.4 is 10.5 Å². The van der Waals surface area contributed by atoms with Crippen LogP contribution >= 0.6 is 0 Å². The third-order valence-corrected chi connectivity index (χ3v) is 2.26. The maximum atomic E-state index is 13.4. The van der Waals surface area contributed by atoms with Crippen molar-refractivity contribution in [3.63, 3.8) is 0 Å². The zero-order chi connectivity index (χ0) is 11.5. The van der Waals surface area contributed by atoms with E-state index in [2.05, 4.69) is 15.2 Å². The van der Waals surface area contributed by atoms with E-state index in [1.807, 2.05) is 0 Å². The molecule has 5 nitrogen and oxygen atoms in total. The molecular weight excluding hydrogens is 211 g/mol. The van der Waals surface area contributed by atoms with Crippen LogP contribution in [0.3, 0.4) is 0 Å². The van der Waals surface area contributed by atoms with Gasteiger partial charge in [-0.2, -0.15) is 5.10 Å². The molecule has 16 heavy (non-hydrogen) atoms. The summed E-state index contributed by atoms with van der Waals surface area (Å²) >= 11 is 0. The molecule has 1 atom stereocenters. The lowest BCUT2D eigenvalue weighted by Crippen LogP contribution is -2.14. The molecule has 0 saturated carbocycles. The Bertz CT molecular complexity index is 472. The molecule has 1 unspecified atom stereocenters. The fourth-order valence-electron chi connectivity index (χ4n) is 1.40. The van der Waals surface area contributed by atoms with Crippen LogP contribution in [0.1, 0.15) is 17.4 Å². The second-order valence-corrected chi connectivity index (χ2v) is 3.24. The topological polar surface area (TPSA) is 76.8 Å². The van der Waals surface area contributed by atoms with Gasteiger partial charge in [-0.3, -0.25) is 5.10 Å². The molecule has 1 heterocycles. The zero-order valence-corrected chi connectivity index (χ0v) is 8.64. The van der Waals surface area contributed by atoms with E-state index in [1.54, 1.807) is 6.07 Å². The van der Waals surface area contributed by atoms with Gasteiger partial charge in [-0.05, 0) is 17.7 Å². The fraction of sp³-hybridized carbons (Fsp3) is 0.200. The largest absolute Gasteiger partial charge is 0.494 e. The summed E-state index contributed by atoms with van der Waals surface area (Å²) in [6.45, 7) is 0. The first-order valence-electron chi connectivity index (χ1n) is 4.66. The van der Waals surface area contributed by atoms with Crippen LogP contribution in [0.2, 0.25) is 0 Å². The van der Waals surface area contributed by atoms with Crippen LogP contribution in [0.15, 0.2) is 24.5 Å². The minimum atomic E-state index is -0.525. The van der Waals surface area contributed by atoms with Crippen LogP contribution in [0, 0.1) is 5.82 Å². The summed E-state index contributed by atoms with van der Waals surface area (Å²) in [7, 11) is 1.41. The van der Waals surface area contributed by atoms with Gasteiger partial charge in [-0.15, -0.1) is 0 Å². The number of nitrogens with one attached hydrogen (secondary N) is 1. The van der Waals surface area contributed by atoms with Gasteiger partial charge in [0.2, 0.25) is 0 Å². The number of methoxy groups -OCH3 is 1. The van der Waals surface area contributed by atoms with Crippen molar-refractivity contribution in [3.05, 3.63) is 41.7 Å². The van der Waals surface area contributed by atoms with Crippen molar-refractivity contribution in [1.29, 1.82) is 0 Å². The van der Waals surface area contributed by atoms with Crippen molar-refractivity contribution in [1.82, 2.24) is 15.2 Å². The molecule has 0 aliphatic rings. The molecule has 6 heteroatoms. The van der Waals surface area contributed by atoms with Gasteiger partial charge in [0.1, 0.15) is 12.2 Å². The molecule has 1 aromatic carbocycles. The van der Waals surface area contributed by atoms with Crippen LogP contribution in [0.5, 0.6) is 5.75 Å². The number of aromatic nitrogens is 3. The first-order chi connectivity index (χ1) is 7.72. The van der Waals surface area contributed by atoms with Gasteiger partial charge in [0.05, 0.1) is 13.2 Å². The highest BCUT2D eigenvalue weighted by atomic mass is 19.1. The van der Waals surface area contributed by atoms with E-state index in [9.17, 15) is 4.39 Å². The summed E-state index contributed by atoms with van der Waals surface area (Å²) in [5.74, 6) is 0.230. The van der Waals surface area contributed by atoms with E-state index in [-0.39, 0.29) is 5.75 Å². The van der Waals surface area contributed by atoms with Crippen LogP contribution in [0.25, 0.3) is 0 Å². The lowest BCUT2D eigenvalue weighted by atomic mass is 10.1. The molecule has 0 fully saturated rings. The van der Waals surface area contributed by atoms with E-state index in [0.717, 1.165) is 0 Å². The van der Waals surface area contributed by atoms with E-state index in [0.29, 0.717) is 11.4 Å². The Morgan fingerprint density at radius 3 is 2.88 bits per heavy atom. The van der Waals surface area contributed by atoms with Gasteiger partial charge < -0.3 is 10.5 Å². The quantitative estimate of drug-likeness (QED) is 0.812. The number of benzene rings is 1. The SMILES string of the molecule is COc1ccc(C(N)c2ncn[nH]2)cc1F. The van der Waals surface area contributed by atoms with Crippen molar-refractivity contribution < 1.29 is 9.13 Å². The number of hydrogen-bond donors (Lipinski definition) is 2. The summed E-state index contributed by atoms with van der Waals surface area (Å²) in [5.41, 5.74) is 6.49. The Morgan fingerprint density at radius 1 is 1.50 bits per heavy atom. The van der Waals surface area contributed by atoms with Gasteiger partial charge in [-0.1, -0.05) is 6.07 Å². The van der Waals surface area contributed by atoms with Crippen molar-refractivity contribution in [2.24, 2.45) is 5.73 Å². The predicted molar refractivity (Wildman–Crippen MR) is 55.4 cm³/mol. The summed E-state index contributed by atoms with van der Waals surface area (Å²) in [6.07, 6.45) is 1.36. The molecule has 0 aliphatic heterocycles. The van der Waals surface area contributed by atoms with Gasteiger partial charge in [0.25, 0.3) is 0 Å². The van der Waals surface area contributed by atoms with Crippen molar-refractivity contribution in [3.8, 4) is 5.75 Å². The van der Waals surface area contributed by atoms with Crippen molar-refractivity contribution >= 4 is 0 Å². The normalized spacial score (nSPS) is 12.4. The highest BCUT2D eigenvalue weighted by Crippen LogP contribution is 2.22. The number of ether oxygens (including phenoxy) is 1. The molecule has 1 aromatic heterocycles. The third kappa shape index (κ3) is 1.87. The summed E-state index contributed by atoms with van der Waals surface area (Å²) < 4.78 is 18.2. The Balaban J connectivity index is 2.31. The first kappa shape index (κ1) is 10.6. The highest BCUT2D eigenvalue weighted by Gasteiger charge is 2.13. The molecular formula is C10H11FN4O. The predicted octanol–water partition coefficient (Wildman–Crippen LogP) is 1.00. The number of hydrogen-bond acceptors (Lipinski definition) is 4. The molecule has 2 aromatic rings. The fourth-order valence-corrected chi connectivity index (χ4v) is 1.40. The molecule has 0 spiro atoms. The Kier molecular flexibility index (Phi) is 2.82. The molecule has 2 rings (SSSR count). The third-order valence-electron chi connectivity index (χ3n) is 2.26. The smallest absolute Gasteiger partial charge is 0.165 e. The molecule has 0 aliphatic carbocycles. The Hall–Kier alpha value is -1.95. The first-order valence-corrected chi connectivity index (χ1v) is 4.66. The lowest BCUT2D eigenvalue weighted by Gasteiger charge is -2.10. The van der Waals surface area contributed by atoms with Crippen LogP contribution in [-0.2, 0) is 0 Å². The number of rotatable bonds is 3. The minimum Gasteiger partial charge on any atom is -0.494 e. The summed E-state index contributed by atoms with van der Waals surface area (Å²) in [6, 6.07) is 4.02. The van der Waals surface area contributed by atoms with E-state index >= 15 is 0 Å². The maximum absolute atomic E-state index is 13.4. The second kappa shape index (κ2) is 4.28. The summed E-state index contributed by atoms with van der Waals surface area (Å²) in [5, 5.41) is 6.33. The van der Waals surface area contributed by atoms with Gasteiger partial charge in [-0.25, -0.2) is 9.37 Å². The van der Waals surface area contributed by atoms with Crippen molar-refractivity contribution in [2.45, 2.75) is 6.04 Å². The Labute approximate surface area is 91.5 Å². The van der Waals surface area contributed by atoms with Gasteiger partial charge in [0.15, 0.2) is 11.6 Å². The molecule has 0 radical (unpaired) electrons. The molecule has 0 bridgehead atoms. The zero-order valence-electron chi connectivity index (χ0n) is 8.64. The lowest BCUT2D eigenvalue weighted by molar-refractivity contribution is 0.386. The average Bonchev–Trinajstić information content (AvgIpc) is 2.81. The highest BCUT2D eigenvalue weighted by molar-refractivity contribution is 5.32. The molecule has 84 valence electrons. The monoisotopic (exact) mass is 222 g/mol. The van der Waals surface area contributed by atoms with E-state index in [4.69, 9.17) is 10.5 Å². The maximum Gasteiger partial charge on any atom is 0.165 e. The minimum absolute atomic E-state index is 0.188. The number of nitrogens with two attached hydrogens (primary N) is 1.